The summed E-state index contributed by atoms with van der Waals surface area (Å²) in [6, 6.07) is 6.65. The van der Waals surface area contributed by atoms with Crippen LogP contribution in [0.4, 0.5) is 0 Å². The number of carbonyl (C=O) groups is 1. The molecule has 1 aromatic carbocycles. The van der Waals surface area contributed by atoms with E-state index in [0.29, 0.717) is 13.1 Å². The second-order valence-electron chi connectivity index (χ2n) is 6.21. The molecule has 1 amide bonds. The highest BCUT2D eigenvalue weighted by atomic mass is 16.1. The molecule has 22 heavy (non-hydrogen) atoms. The van der Waals surface area contributed by atoms with Crippen molar-refractivity contribution >= 4 is 16.8 Å². The Kier molecular flexibility index (Phi) is 4.21. The number of fused-ring (bicyclic) bond motifs is 3. The van der Waals surface area contributed by atoms with Crippen LogP contribution in [-0.2, 0) is 24.2 Å². The van der Waals surface area contributed by atoms with E-state index in [1.807, 2.05) is 0 Å². The first-order valence-electron chi connectivity index (χ1n) is 8.24. The van der Waals surface area contributed by atoms with Crippen LogP contribution in [0.15, 0.2) is 18.2 Å². The van der Waals surface area contributed by atoms with E-state index in [1.54, 1.807) is 0 Å². The topological polar surface area (TPSA) is 60.0 Å². The lowest BCUT2D eigenvalue weighted by Crippen LogP contribution is -2.36. The standard InChI is InChI=1S/C18H25N3O/c1-3-21-16-6-4-12(2)10-14(16)15-11-13(5-7-17(15)21)18(22)20-9-8-19/h4,6,10,13H,3,5,7-9,11,19H2,1-2H3,(H,20,22). The summed E-state index contributed by atoms with van der Waals surface area (Å²) >= 11 is 0. The van der Waals surface area contributed by atoms with E-state index in [-0.39, 0.29) is 11.8 Å². The van der Waals surface area contributed by atoms with Crippen molar-refractivity contribution in [1.29, 1.82) is 0 Å². The first-order chi connectivity index (χ1) is 10.7. The van der Waals surface area contributed by atoms with Gasteiger partial charge < -0.3 is 15.6 Å². The number of amides is 1. The molecule has 2 aromatic rings. The lowest BCUT2D eigenvalue weighted by Gasteiger charge is -2.23. The van der Waals surface area contributed by atoms with Gasteiger partial charge in [-0.3, -0.25) is 4.79 Å². The van der Waals surface area contributed by atoms with Crippen LogP contribution in [0.3, 0.4) is 0 Å². The molecule has 1 aliphatic rings. The third-order valence-electron chi connectivity index (χ3n) is 4.75. The number of rotatable bonds is 4. The molecule has 0 bridgehead atoms. The minimum Gasteiger partial charge on any atom is -0.355 e. The predicted octanol–water partition coefficient (Wildman–Crippen LogP) is 2.15. The molecule has 3 rings (SSSR count). The molecule has 0 saturated heterocycles. The Hall–Kier alpha value is -1.81. The number of benzene rings is 1. The van der Waals surface area contributed by atoms with Crippen molar-refractivity contribution < 1.29 is 4.79 Å². The molecule has 0 saturated carbocycles. The third kappa shape index (κ3) is 2.52. The number of aromatic nitrogens is 1. The van der Waals surface area contributed by atoms with Crippen molar-refractivity contribution in [1.82, 2.24) is 9.88 Å². The number of carbonyl (C=O) groups excluding carboxylic acids is 1. The van der Waals surface area contributed by atoms with Crippen LogP contribution in [0.1, 0.15) is 30.2 Å². The molecule has 1 unspecified atom stereocenters. The Balaban J connectivity index is 1.98. The average Bonchev–Trinajstić information content (AvgIpc) is 2.84. The predicted molar refractivity (Wildman–Crippen MR) is 89.9 cm³/mol. The summed E-state index contributed by atoms with van der Waals surface area (Å²) in [4.78, 5) is 12.3. The molecular weight excluding hydrogens is 274 g/mol. The van der Waals surface area contributed by atoms with Crippen LogP contribution < -0.4 is 11.1 Å². The molecule has 1 aliphatic carbocycles. The van der Waals surface area contributed by atoms with E-state index < -0.39 is 0 Å². The minimum absolute atomic E-state index is 0.0791. The van der Waals surface area contributed by atoms with E-state index in [1.165, 1.54) is 27.7 Å². The smallest absolute Gasteiger partial charge is 0.223 e. The number of aryl methyl sites for hydroxylation is 2. The molecule has 1 atom stereocenters. The van der Waals surface area contributed by atoms with Crippen LogP contribution >= 0.6 is 0 Å². The quantitative estimate of drug-likeness (QED) is 0.909. The number of nitrogens with one attached hydrogen (secondary N) is 1. The second kappa shape index (κ2) is 6.13. The molecule has 1 aromatic heterocycles. The van der Waals surface area contributed by atoms with Gasteiger partial charge >= 0.3 is 0 Å². The summed E-state index contributed by atoms with van der Waals surface area (Å²) in [6.07, 6.45) is 2.76. The Morgan fingerprint density at radius 2 is 2.27 bits per heavy atom. The molecule has 1 heterocycles. The summed E-state index contributed by atoms with van der Waals surface area (Å²) in [6.45, 7) is 6.37. The van der Waals surface area contributed by atoms with E-state index in [0.717, 1.165) is 25.8 Å². The SMILES string of the molecule is CCn1c2c(c3cc(C)ccc31)CC(C(=O)NCCN)CC2. The fraction of sp³-hybridized carbons (Fsp3) is 0.500. The van der Waals surface area contributed by atoms with Crippen LogP contribution in [0, 0.1) is 12.8 Å². The number of hydrogen-bond donors (Lipinski definition) is 2. The normalized spacial score (nSPS) is 17.5. The largest absolute Gasteiger partial charge is 0.355 e. The van der Waals surface area contributed by atoms with Gasteiger partial charge in [0.25, 0.3) is 0 Å². The average molecular weight is 299 g/mol. The summed E-state index contributed by atoms with van der Waals surface area (Å²) in [5, 5.41) is 4.27. The first-order valence-corrected chi connectivity index (χ1v) is 8.24. The van der Waals surface area contributed by atoms with E-state index in [9.17, 15) is 4.79 Å². The highest BCUT2D eigenvalue weighted by molar-refractivity contribution is 5.88. The maximum atomic E-state index is 12.3. The highest BCUT2D eigenvalue weighted by Crippen LogP contribution is 2.35. The van der Waals surface area contributed by atoms with Crippen molar-refractivity contribution in [2.45, 2.75) is 39.7 Å². The van der Waals surface area contributed by atoms with Gasteiger partial charge in [0, 0.05) is 42.1 Å². The van der Waals surface area contributed by atoms with Gasteiger partial charge in [-0.1, -0.05) is 11.6 Å². The van der Waals surface area contributed by atoms with E-state index >= 15 is 0 Å². The fourth-order valence-corrected chi connectivity index (χ4v) is 3.69. The Morgan fingerprint density at radius 3 is 3.00 bits per heavy atom. The zero-order valence-corrected chi connectivity index (χ0v) is 13.5. The van der Waals surface area contributed by atoms with Crippen LogP contribution in [0.25, 0.3) is 10.9 Å². The fourth-order valence-electron chi connectivity index (χ4n) is 3.69. The molecule has 0 spiro atoms. The lowest BCUT2D eigenvalue weighted by atomic mass is 9.85. The first kappa shape index (κ1) is 15.1. The van der Waals surface area contributed by atoms with Crippen LogP contribution in [0.5, 0.6) is 0 Å². The summed E-state index contributed by atoms with van der Waals surface area (Å²) in [5.74, 6) is 0.233. The minimum atomic E-state index is 0.0791. The third-order valence-corrected chi connectivity index (χ3v) is 4.75. The summed E-state index contributed by atoms with van der Waals surface area (Å²) < 4.78 is 2.41. The molecule has 3 N–H and O–H groups in total. The van der Waals surface area contributed by atoms with Crippen LogP contribution in [0.2, 0.25) is 0 Å². The van der Waals surface area contributed by atoms with Gasteiger partial charge in [-0.25, -0.2) is 0 Å². The van der Waals surface area contributed by atoms with Crippen molar-refractivity contribution in [3.8, 4) is 0 Å². The number of hydrogen-bond acceptors (Lipinski definition) is 2. The van der Waals surface area contributed by atoms with Crippen molar-refractivity contribution in [3.63, 3.8) is 0 Å². The zero-order chi connectivity index (χ0) is 15.7. The Morgan fingerprint density at radius 1 is 1.45 bits per heavy atom. The second-order valence-corrected chi connectivity index (χ2v) is 6.21. The summed E-state index contributed by atoms with van der Waals surface area (Å²) in [5.41, 5.74) is 10.9. The number of nitrogens with two attached hydrogens (primary N) is 1. The van der Waals surface area contributed by atoms with Gasteiger partial charge in [0.15, 0.2) is 0 Å². The lowest BCUT2D eigenvalue weighted by molar-refractivity contribution is -0.125. The van der Waals surface area contributed by atoms with Crippen LogP contribution in [-0.4, -0.2) is 23.6 Å². The summed E-state index contributed by atoms with van der Waals surface area (Å²) in [7, 11) is 0. The molecule has 0 fully saturated rings. The maximum Gasteiger partial charge on any atom is 0.223 e. The van der Waals surface area contributed by atoms with E-state index in [4.69, 9.17) is 5.73 Å². The molecule has 0 aliphatic heterocycles. The Bertz CT molecular complexity index is 702. The maximum absolute atomic E-state index is 12.3. The van der Waals surface area contributed by atoms with Crippen molar-refractivity contribution in [2.75, 3.05) is 13.1 Å². The molecule has 4 heteroatoms. The van der Waals surface area contributed by atoms with Gasteiger partial charge in [-0.2, -0.15) is 0 Å². The molecule has 4 nitrogen and oxygen atoms in total. The van der Waals surface area contributed by atoms with E-state index in [2.05, 4.69) is 41.9 Å². The van der Waals surface area contributed by atoms with Crippen molar-refractivity contribution in [3.05, 3.63) is 35.0 Å². The Labute approximate surface area is 131 Å². The zero-order valence-electron chi connectivity index (χ0n) is 13.5. The van der Waals surface area contributed by atoms with Gasteiger partial charge in [-0.15, -0.1) is 0 Å². The monoisotopic (exact) mass is 299 g/mol. The highest BCUT2D eigenvalue weighted by Gasteiger charge is 2.28. The molecular formula is C18H25N3O. The number of nitrogens with zero attached hydrogens (tertiary/aromatic N) is 1. The van der Waals surface area contributed by atoms with Gasteiger partial charge in [0.05, 0.1) is 0 Å². The molecule has 118 valence electrons. The van der Waals surface area contributed by atoms with Gasteiger partial charge in [0.1, 0.15) is 0 Å². The molecule has 0 radical (unpaired) electrons. The van der Waals surface area contributed by atoms with Crippen molar-refractivity contribution in [2.24, 2.45) is 11.7 Å². The van der Waals surface area contributed by atoms with Gasteiger partial charge in [0.2, 0.25) is 5.91 Å². The van der Waals surface area contributed by atoms with Gasteiger partial charge in [-0.05, 0) is 50.8 Å².